The molecule has 0 unspecified atom stereocenters. The molecule has 0 saturated carbocycles. The van der Waals surface area contributed by atoms with E-state index in [-0.39, 0.29) is 16.9 Å². The molecule has 0 bridgehead atoms. The Morgan fingerprint density at radius 1 is 1.42 bits per heavy atom. The van der Waals surface area contributed by atoms with Gasteiger partial charge in [-0.1, -0.05) is 6.08 Å². The summed E-state index contributed by atoms with van der Waals surface area (Å²) in [5.74, 6) is 0. The van der Waals surface area contributed by atoms with Crippen molar-refractivity contribution in [2.45, 2.75) is 6.42 Å². The Bertz CT molecular complexity index is 392. The fraction of sp³-hybridized carbons (Fsp3) is 0.143. The number of hydrogen-bond donors (Lipinski definition) is 0. The van der Waals surface area contributed by atoms with Gasteiger partial charge in [0, 0.05) is 12.0 Å². The first-order valence-electron chi connectivity index (χ1n) is 3.14. The van der Waals surface area contributed by atoms with E-state index in [1.54, 1.807) is 0 Å². The molecule has 0 fully saturated rings. The van der Waals surface area contributed by atoms with Gasteiger partial charge in [0.05, 0.1) is 4.86 Å². The first-order valence-corrected chi connectivity index (χ1v) is 4.22. The lowest BCUT2D eigenvalue weighted by Gasteiger charge is -1.99. The molecular weight excluding hydrogens is 183 g/mol. The third kappa shape index (κ3) is 1.88. The van der Waals surface area contributed by atoms with Crippen LogP contribution in [0.2, 0.25) is 0 Å². The Kier molecular flexibility index (Phi) is 2.54. The van der Waals surface area contributed by atoms with Crippen molar-refractivity contribution in [1.29, 1.82) is 0 Å². The first kappa shape index (κ1) is 8.86. The van der Waals surface area contributed by atoms with Gasteiger partial charge in [-0.2, -0.15) is 12.8 Å². The van der Waals surface area contributed by atoms with Gasteiger partial charge in [0.15, 0.2) is 0 Å². The topological polar surface area (TPSA) is 51.2 Å². The molecule has 0 aromatic rings. The second-order valence-electron chi connectivity index (χ2n) is 2.17. The van der Waals surface area contributed by atoms with Crippen molar-refractivity contribution in [2.75, 3.05) is 0 Å². The third-order valence-corrected chi connectivity index (χ3v) is 2.14. The van der Waals surface area contributed by atoms with E-state index >= 15 is 0 Å². The highest BCUT2D eigenvalue weighted by Gasteiger charge is 2.09. The molecule has 0 saturated heterocycles. The molecule has 0 radical (unpaired) electrons. The summed E-state index contributed by atoms with van der Waals surface area (Å²) in [6, 6.07) is -1.54. The van der Waals surface area contributed by atoms with Crippen LogP contribution in [0.15, 0.2) is 23.8 Å². The lowest BCUT2D eigenvalue weighted by atomic mass is 10.1. The molecule has 0 atom stereocenters. The molecular formula is C7H5FO3S. The Labute approximate surface area is 69.7 Å². The van der Waals surface area contributed by atoms with Crippen LogP contribution in [0.3, 0.4) is 0 Å². The molecule has 1 aliphatic carbocycles. The average molecular weight is 188 g/mol. The van der Waals surface area contributed by atoms with E-state index in [4.69, 9.17) is 0 Å². The van der Waals surface area contributed by atoms with Gasteiger partial charge in [-0.3, -0.25) is 4.79 Å². The molecule has 0 N–H and O–H groups in total. The lowest BCUT2D eigenvalue weighted by Crippen LogP contribution is -2.02. The zero-order chi connectivity index (χ0) is 9.14. The zero-order valence-electron chi connectivity index (χ0n) is 5.95. The fourth-order valence-corrected chi connectivity index (χ4v) is 1.20. The number of rotatable bonds is 1. The summed E-state index contributed by atoms with van der Waals surface area (Å²) in [6.45, 7) is 0. The van der Waals surface area contributed by atoms with E-state index in [0.29, 0.717) is 0 Å². The molecule has 0 heterocycles. The van der Waals surface area contributed by atoms with Crippen LogP contribution in [0.5, 0.6) is 0 Å². The van der Waals surface area contributed by atoms with E-state index in [1.165, 1.54) is 12.2 Å². The van der Waals surface area contributed by atoms with Gasteiger partial charge in [-0.15, -0.1) is 0 Å². The molecule has 0 aliphatic heterocycles. The number of halogens is 1. The summed E-state index contributed by atoms with van der Waals surface area (Å²) in [6.07, 6.45) is 3.69. The summed E-state index contributed by atoms with van der Waals surface area (Å²) >= 11 is 0. The van der Waals surface area contributed by atoms with E-state index in [0.717, 1.165) is 6.08 Å². The van der Waals surface area contributed by atoms with Crippen molar-refractivity contribution in [3.8, 4) is 0 Å². The minimum atomic E-state index is -2.28. The third-order valence-electron chi connectivity index (χ3n) is 1.41. The summed E-state index contributed by atoms with van der Waals surface area (Å²) in [5.41, 5.74) is -0.0933. The molecule has 0 spiro atoms. The van der Waals surface area contributed by atoms with Crippen molar-refractivity contribution in [2.24, 2.45) is 0 Å². The van der Waals surface area contributed by atoms with Crippen molar-refractivity contribution in [3.63, 3.8) is 0 Å². The molecule has 5 heteroatoms. The van der Waals surface area contributed by atoms with E-state index in [9.17, 15) is 17.6 Å². The Balaban J connectivity index is 2.96. The Hall–Kier alpha value is -1.23. The highest BCUT2D eigenvalue weighted by molar-refractivity contribution is 7.73. The number of carbonyl (C=O) groups is 1. The maximum Gasteiger partial charge on any atom is 0.331 e. The van der Waals surface area contributed by atoms with Crippen molar-refractivity contribution in [1.82, 2.24) is 0 Å². The summed E-state index contributed by atoms with van der Waals surface area (Å²) in [4.78, 5) is 10.3. The van der Waals surface area contributed by atoms with Crippen LogP contribution in [0.1, 0.15) is 6.42 Å². The van der Waals surface area contributed by atoms with Gasteiger partial charge < -0.3 is 0 Å². The van der Waals surface area contributed by atoms with Gasteiger partial charge >= 0.3 is 6.04 Å². The maximum atomic E-state index is 12.0. The van der Waals surface area contributed by atoms with Gasteiger partial charge in [0.1, 0.15) is 0 Å². The van der Waals surface area contributed by atoms with Crippen LogP contribution in [-0.2, 0) is 15.1 Å². The van der Waals surface area contributed by atoms with Gasteiger partial charge in [-0.25, -0.2) is 0 Å². The second kappa shape index (κ2) is 3.44. The van der Waals surface area contributed by atoms with Crippen molar-refractivity contribution < 1.29 is 17.6 Å². The average Bonchev–Trinajstić information content (AvgIpc) is 2.04. The predicted molar refractivity (Wildman–Crippen MR) is 41.9 cm³/mol. The molecule has 0 amide bonds. The van der Waals surface area contributed by atoms with Crippen LogP contribution >= 0.6 is 0 Å². The van der Waals surface area contributed by atoms with Crippen molar-refractivity contribution in [3.05, 3.63) is 23.8 Å². The minimum absolute atomic E-state index is 0.0810. The van der Waals surface area contributed by atoms with Gasteiger partial charge in [-0.05, 0) is 12.2 Å². The van der Waals surface area contributed by atoms with Gasteiger partial charge in [0.25, 0.3) is 0 Å². The Morgan fingerprint density at radius 2 is 2.08 bits per heavy atom. The normalized spacial score (nSPS) is 15.8. The lowest BCUT2D eigenvalue weighted by molar-refractivity contribution is -0.124. The van der Waals surface area contributed by atoms with Crippen LogP contribution in [0, 0.1) is 0 Å². The molecule has 1 rings (SSSR count). The number of carbonyl (C=O) groups excluding carboxylic acids is 1. The van der Waals surface area contributed by atoms with Gasteiger partial charge in [0.2, 0.25) is 10.3 Å². The highest BCUT2D eigenvalue weighted by Crippen LogP contribution is 2.08. The monoisotopic (exact) mass is 188 g/mol. The number of hydrogen-bond acceptors (Lipinski definition) is 3. The summed E-state index contributed by atoms with van der Waals surface area (Å²) < 4.78 is 32.7. The van der Waals surface area contributed by atoms with Crippen LogP contribution in [-0.4, -0.2) is 19.3 Å². The largest absolute Gasteiger partial charge is 0.331 e. The fourth-order valence-electron chi connectivity index (χ4n) is 0.799. The predicted octanol–water partition coefficient (Wildman–Crippen LogP) is 0.420. The van der Waals surface area contributed by atoms with Crippen molar-refractivity contribution >= 4 is 21.2 Å². The summed E-state index contributed by atoms with van der Waals surface area (Å²) in [7, 11) is -2.28. The standard InChI is InChI=1S/C7H5FO3S/c8-7(9)5-1-3-6(4-2-5)12(10)11/h1-3H,4H2. The number of allylic oxidation sites excluding steroid dienone is 4. The van der Waals surface area contributed by atoms with E-state index in [1.807, 2.05) is 0 Å². The first-order chi connectivity index (χ1) is 5.61. The second-order valence-corrected chi connectivity index (χ2v) is 3.17. The van der Waals surface area contributed by atoms with Crippen LogP contribution in [0.25, 0.3) is 0 Å². The highest BCUT2D eigenvalue weighted by atomic mass is 32.2. The minimum Gasteiger partial charge on any atom is -0.255 e. The quantitative estimate of drug-likeness (QED) is 0.442. The molecule has 0 aromatic carbocycles. The molecule has 64 valence electrons. The molecule has 0 aromatic heterocycles. The SMILES string of the molecule is O=C(F)C1=CCC(=S(=O)=O)C=C1. The maximum absolute atomic E-state index is 12.0. The van der Waals surface area contributed by atoms with Crippen LogP contribution < -0.4 is 0 Å². The Morgan fingerprint density at radius 3 is 2.42 bits per heavy atom. The molecule has 12 heavy (non-hydrogen) atoms. The smallest absolute Gasteiger partial charge is 0.255 e. The molecule has 1 aliphatic rings. The van der Waals surface area contributed by atoms with E-state index in [2.05, 4.69) is 0 Å². The van der Waals surface area contributed by atoms with E-state index < -0.39 is 16.3 Å². The molecule has 3 nitrogen and oxygen atoms in total. The zero-order valence-corrected chi connectivity index (χ0v) is 6.77. The summed E-state index contributed by atoms with van der Waals surface area (Å²) in [5, 5.41) is 0. The van der Waals surface area contributed by atoms with Crippen LogP contribution in [0.4, 0.5) is 4.39 Å².